The van der Waals surface area contributed by atoms with Crippen LogP contribution >= 0.6 is 11.8 Å². The van der Waals surface area contributed by atoms with E-state index in [0.717, 1.165) is 0 Å². The number of amides is 1. The number of carboxylic acids is 1. The number of amidine groups is 1. The van der Waals surface area contributed by atoms with Crippen LogP contribution in [0.5, 0.6) is 5.75 Å². The van der Waals surface area contributed by atoms with Crippen LogP contribution < -0.4 is 9.64 Å². The first-order valence-electron chi connectivity index (χ1n) is 8.59. The average molecular weight is 428 g/mol. The number of nitrogens with zero attached hydrogens (tertiary/aromatic N) is 2. The van der Waals surface area contributed by atoms with Gasteiger partial charge in [0.25, 0.3) is 5.91 Å². The highest BCUT2D eigenvalue weighted by Gasteiger charge is 2.49. The first-order valence-corrected chi connectivity index (χ1v) is 11.3. The second-order valence-electron chi connectivity index (χ2n) is 6.27. The summed E-state index contributed by atoms with van der Waals surface area (Å²) in [4.78, 5) is 28.3. The highest BCUT2D eigenvalue weighted by Crippen LogP contribution is 2.41. The molecule has 1 aromatic carbocycles. The molecule has 28 heavy (non-hydrogen) atoms. The summed E-state index contributed by atoms with van der Waals surface area (Å²) >= 11 is 1.24. The molecule has 0 aliphatic carbocycles. The van der Waals surface area contributed by atoms with Crippen LogP contribution in [0.3, 0.4) is 0 Å². The SMILES string of the molecule is CCOc1ccc(N2C(=NC(=O)COCC(=O)O)S[C@H]3CS(=O)(=O)C[C@@H]32)cc1. The van der Waals surface area contributed by atoms with Crippen LogP contribution in [0.15, 0.2) is 29.3 Å². The molecule has 2 aliphatic heterocycles. The van der Waals surface area contributed by atoms with Crippen LogP contribution in [0.25, 0.3) is 0 Å². The first-order chi connectivity index (χ1) is 13.3. The maximum Gasteiger partial charge on any atom is 0.329 e. The van der Waals surface area contributed by atoms with E-state index in [9.17, 15) is 18.0 Å². The molecule has 152 valence electrons. The van der Waals surface area contributed by atoms with Gasteiger partial charge >= 0.3 is 5.97 Å². The fraction of sp³-hybridized carbons (Fsp3) is 0.471. The first kappa shape index (κ1) is 20.6. The number of fused-ring (bicyclic) bond motifs is 1. The van der Waals surface area contributed by atoms with Crippen molar-refractivity contribution in [2.75, 3.05) is 36.2 Å². The molecule has 3 rings (SSSR count). The number of carbonyl (C=O) groups is 2. The van der Waals surface area contributed by atoms with Crippen LogP contribution in [-0.2, 0) is 24.2 Å². The summed E-state index contributed by atoms with van der Waals surface area (Å²) in [6.07, 6.45) is 0. The highest BCUT2D eigenvalue weighted by atomic mass is 32.2. The molecule has 0 aromatic heterocycles. The second-order valence-corrected chi connectivity index (χ2v) is 9.63. The van der Waals surface area contributed by atoms with Crippen molar-refractivity contribution in [1.29, 1.82) is 0 Å². The van der Waals surface area contributed by atoms with Crippen molar-refractivity contribution in [2.45, 2.75) is 18.2 Å². The Labute approximate surface area is 166 Å². The molecule has 0 spiro atoms. The van der Waals surface area contributed by atoms with E-state index in [1.54, 1.807) is 29.2 Å². The van der Waals surface area contributed by atoms with Crippen molar-refractivity contribution >= 4 is 44.3 Å². The van der Waals surface area contributed by atoms with Gasteiger partial charge in [-0.05, 0) is 31.2 Å². The minimum atomic E-state index is -3.16. The van der Waals surface area contributed by atoms with Crippen LogP contribution in [0.4, 0.5) is 5.69 Å². The zero-order valence-corrected chi connectivity index (χ0v) is 16.7. The van der Waals surface area contributed by atoms with Gasteiger partial charge < -0.3 is 19.5 Å². The lowest BCUT2D eigenvalue weighted by atomic mass is 10.2. The molecule has 2 saturated heterocycles. The van der Waals surface area contributed by atoms with Crippen molar-refractivity contribution in [3.63, 3.8) is 0 Å². The van der Waals surface area contributed by atoms with Crippen LogP contribution in [0.2, 0.25) is 0 Å². The zero-order chi connectivity index (χ0) is 20.3. The Kier molecular flexibility index (Phi) is 6.26. The molecular formula is C17H20N2O7S2. The number of ether oxygens (including phenoxy) is 2. The van der Waals surface area contributed by atoms with Gasteiger partial charge in [-0.25, -0.2) is 13.2 Å². The molecule has 0 radical (unpaired) electrons. The summed E-state index contributed by atoms with van der Waals surface area (Å²) in [7, 11) is -3.16. The molecule has 2 atom stereocenters. The van der Waals surface area contributed by atoms with Crippen molar-refractivity contribution < 1.29 is 32.6 Å². The summed E-state index contributed by atoms with van der Waals surface area (Å²) in [6, 6.07) is 6.81. The largest absolute Gasteiger partial charge is 0.494 e. The van der Waals surface area contributed by atoms with Gasteiger partial charge in [0.1, 0.15) is 19.0 Å². The lowest BCUT2D eigenvalue weighted by molar-refractivity contribution is -0.143. The molecule has 1 aromatic rings. The Morgan fingerprint density at radius 3 is 2.61 bits per heavy atom. The molecule has 2 heterocycles. The monoisotopic (exact) mass is 428 g/mol. The number of rotatable bonds is 7. The number of sulfone groups is 1. The Bertz CT molecular complexity index is 883. The predicted molar refractivity (Wildman–Crippen MR) is 105 cm³/mol. The van der Waals surface area contributed by atoms with E-state index in [2.05, 4.69) is 4.99 Å². The van der Waals surface area contributed by atoms with Crippen molar-refractivity contribution in [3.8, 4) is 5.75 Å². The number of benzene rings is 1. The minimum Gasteiger partial charge on any atom is -0.494 e. The molecule has 2 fully saturated rings. The predicted octanol–water partition coefficient (Wildman–Crippen LogP) is 0.788. The number of hydrogen-bond donors (Lipinski definition) is 1. The Morgan fingerprint density at radius 2 is 1.96 bits per heavy atom. The number of thioether (sulfide) groups is 1. The van der Waals surface area contributed by atoms with Gasteiger partial charge in [0.2, 0.25) is 0 Å². The van der Waals surface area contributed by atoms with Gasteiger partial charge in [0.05, 0.1) is 24.2 Å². The quantitative estimate of drug-likeness (QED) is 0.671. The summed E-state index contributed by atoms with van der Waals surface area (Å²) in [5, 5.41) is 8.74. The summed E-state index contributed by atoms with van der Waals surface area (Å²) in [5.41, 5.74) is 0.707. The fourth-order valence-corrected chi connectivity index (χ4v) is 7.03. The third-order valence-electron chi connectivity index (χ3n) is 4.16. The molecule has 11 heteroatoms. The van der Waals surface area contributed by atoms with Gasteiger partial charge in [-0.1, -0.05) is 11.8 Å². The summed E-state index contributed by atoms with van der Waals surface area (Å²) in [5.74, 6) is -1.10. The number of aliphatic carboxylic acids is 1. The van der Waals surface area contributed by atoms with Gasteiger partial charge in [-0.2, -0.15) is 4.99 Å². The van der Waals surface area contributed by atoms with Gasteiger partial charge in [-0.15, -0.1) is 0 Å². The maximum atomic E-state index is 12.1. The highest BCUT2D eigenvalue weighted by molar-refractivity contribution is 8.16. The van der Waals surface area contributed by atoms with E-state index in [0.29, 0.717) is 23.2 Å². The topological polar surface area (TPSA) is 123 Å². The third kappa shape index (κ3) is 4.83. The minimum absolute atomic E-state index is 0.0133. The van der Waals surface area contributed by atoms with Crippen molar-refractivity contribution in [2.24, 2.45) is 4.99 Å². The number of anilines is 1. The molecule has 0 bridgehead atoms. The standard InChI is InChI=1S/C17H20N2O7S2/c1-2-26-12-5-3-11(4-6-12)19-13-9-28(23,24)10-14(13)27-17(19)18-15(20)7-25-8-16(21)22/h3-6,13-14H,2,7-10H2,1H3,(H,21,22)/t13-,14-/m0/s1. The number of carboxylic acid groups (broad SMARTS) is 1. The lowest BCUT2D eigenvalue weighted by Crippen LogP contribution is -2.37. The summed E-state index contributed by atoms with van der Waals surface area (Å²) < 4.78 is 34.3. The van der Waals surface area contributed by atoms with Gasteiger partial charge in [-0.3, -0.25) is 4.79 Å². The lowest BCUT2D eigenvalue weighted by Gasteiger charge is -2.24. The molecule has 1 N–H and O–H groups in total. The van der Waals surface area contributed by atoms with Crippen molar-refractivity contribution in [3.05, 3.63) is 24.3 Å². The normalized spacial score (nSPS) is 24.3. The molecule has 2 aliphatic rings. The van der Waals surface area contributed by atoms with Crippen LogP contribution in [-0.4, -0.2) is 73.2 Å². The van der Waals surface area contributed by atoms with E-state index in [-0.39, 0.29) is 22.8 Å². The average Bonchev–Trinajstić information content (AvgIpc) is 3.06. The molecule has 0 unspecified atom stereocenters. The summed E-state index contributed by atoms with van der Waals surface area (Å²) in [6.45, 7) is 1.36. The van der Waals surface area contributed by atoms with Crippen molar-refractivity contribution in [1.82, 2.24) is 0 Å². The van der Waals surface area contributed by atoms with E-state index in [1.165, 1.54) is 11.8 Å². The number of carbonyl (C=O) groups excluding carboxylic acids is 1. The maximum absolute atomic E-state index is 12.1. The van der Waals surface area contributed by atoms with Crippen LogP contribution in [0, 0.1) is 0 Å². The van der Waals surface area contributed by atoms with Gasteiger partial charge in [0, 0.05) is 10.9 Å². The van der Waals surface area contributed by atoms with Crippen LogP contribution in [0.1, 0.15) is 6.92 Å². The number of hydrogen-bond acceptors (Lipinski definition) is 7. The molecule has 1 amide bonds. The van der Waals surface area contributed by atoms with E-state index < -0.39 is 34.9 Å². The Morgan fingerprint density at radius 1 is 1.25 bits per heavy atom. The Hall–Kier alpha value is -2.11. The fourth-order valence-electron chi connectivity index (χ4n) is 3.10. The van der Waals surface area contributed by atoms with E-state index in [1.807, 2.05) is 6.92 Å². The molecule has 0 saturated carbocycles. The van der Waals surface area contributed by atoms with E-state index >= 15 is 0 Å². The zero-order valence-electron chi connectivity index (χ0n) is 15.1. The van der Waals surface area contributed by atoms with E-state index in [4.69, 9.17) is 14.6 Å². The van der Waals surface area contributed by atoms with Gasteiger partial charge in [0.15, 0.2) is 15.0 Å². The molecular weight excluding hydrogens is 408 g/mol. The Balaban J connectivity index is 1.83. The smallest absolute Gasteiger partial charge is 0.329 e. The number of aliphatic imine (C=N–C) groups is 1. The second kappa shape index (κ2) is 8.50. The molecule has 9 nitrogen and oxygen atoms in total. The third-order valence-corrected chi connectivity index (χ3v) is 7.37.